The van der Waals surface area contributed by atoms with E-state index < -0.39 is 35.4 Å². The highest BCUT2D eigenvalue weighted by molar-refractivity contribution is 5.94. The van der Waals surface area contributed by atoms with E-state index in [0.29, 0.717) is 18.4 Å². The number of nitrogens with zero attached hydrogens (tertiary/aromatic N) is 2. The topological polar surface area (TPSA) is 59.1 Å². The van der Waals surface area contributed by atoms with Crippen LogP contribution in [0.5, 0.6) is 5.75 Å². The van der Waals surface area contributed by atoms with Gasteiger partial charge in [-0.25, -0.2) is 13.6 Å². The van der Waals surface area contributed by atoms with E-state index in [4.69, 9.17) is 4.74 Å². The number of amides is 2. The minimum atomic E-state index is -4.82. The number of alkyl halides is 3. The first-order valence-electron chi connectivity index (χ1n) is 10.1. The Hall–Kier alpha value is -3.37. The van der Waals surface area contributed by atoms with Crippen LogP contribution in [0.15, 0.2) is 42.5 Å². The number of carbonyl (C=O) groups is 2. The van der Waals surface area contributed by atoms with Crippen LogP contribution < -0.4 is 4.74 Å². The number of benzene rings is 2. The Labute approximate surface area is 185 Å². The van der Waals surface area contributed by atoms with Gasteiger partial charge < -0.3 is 14.4 Å². The van der Waals surface area contributed by atoms with Gasteiger partial charge in [-0.15, -0.1) is 13.2 Å². The lowest BCUT2D eigenvalue weighted by Crippen LogP contribution is -2.48. The van der Waals surface area contributed by atoms with E-state index in [1.807, 2.05) is 0 Å². The Balaban J connectivity index is 1.34. The molecule has 0 bridgehead atoms. The van der Waals surface area contributed by atoms with E-state index in [1.165, 1.54) is 28.0 Å². The maximum absolute atomic E-state index is 13.4. The molecule has 4 rings (SSSR count). The molecule has 0 aromatic heterocycles. The molecule has 0 N–H and O–H groups in total. The van der Waals surface area contributed by atoms with Crippen molar-refractivity contribution in [2.45, 2.75) is 31.3 Å². The minimum Gasteiger partial charge on any atom is -0.441 e. The van der Waals surface area contributed by atoms with Crippen molar-refractivity contribution in [3.05, 3.63) is 65.2 Å². The monoisotopic (exact) mass is 470 g/mol. The number of hydrogen-bond acceptors (Lipinski definition) is 4. The van der Waals surface area contributed by atoms with Gasteiger partial charge >= 0.3 is 12.5 Å². The van der Waals surface area contributed by atoms with Crippen LogP contribution in [-0.4, -0.2) is 53.4 Å². The van der Waals surface area contributed by atoms with Crippen molar-refractivity contribution in [1.82, 2.24) is 9.80 Å². The van der Waals surface area contributed by atoms with Crippen molar-refractivity contribution < 1.29 is 41.0 Å². The van der Waals surface area contributed by atoms with Gasteiger partial charge in [0.2, 0.25) is 0 Å². The molecule has 0 unspecified atom stereocenters. The number of carbonyl (C=O) groups excluding carboxylic acids is 2. The summed E-state index contributed by atoms with van der Waals surface area (Å²) in [6.45, 7) is 0.876. The van der Waals surface area contributed by atoms with Gasteiger partial charge in [-0.05, 0) is 42.0 Å². The molecular weight excluding hydrogens is 451 g/mol. The molecule has 2 amide bonds. The molecule has 0 aliphatic carbocycles. The van der Waals surface area contributed by atoms with Crippen LogP contribution in [0, 0.1) is 11.6 Å². The van der Waals surface area contributed by atoms with E-state index in [9.17, 15) is 31.5 Å². The highest BCUT2D eigenvalue weighted by Crippen LogP contribution is 2.34. The molecule has 2 aromatic carbocycles. The summed E-state index contributed by atoms with van der Waals surface area (Å²) in [6.07, 6.45) is -4.65. The Morgan fingerprint density at radius 3 is 2.30 bits per heavy atom. The number of piperidine rings is 1. The maximum atomic E-state index is 13.4. The van der Waals surface area contributed by atoms with Gasteiger partial charge in [-0.1, -0.05) is 6.07 Å². The van der Waals surface area contributed by atoms with Crippen LogP contribution in [0.25, 0.3) is 0 Å². The molecule has 2 aliphatic rings. The molecule has 6 nitrogen and oxygen atoms in total. The van der Waals surface area contributed by atoms with Crippen LogP contribution in [-0.2, 0) is 11.3 Å². The average molecular weight is 470 g/mol. The van der Waals surface area contributed by atoms with Crippen LogP contribution in [0.3, 0.4) is 0 Å². The van der Waals surface area contributed by atoms with E-state index in [2.05, 4.69) is 4.74 Å². The van der Waals surface area contributed by atoms with E-state index >= 15 is 0 Å². The zero-order chi connectivity index (χ0) is 23.8. The molecule has 33 heavy (non-hydrogen) atoms. The fourth-order valence-corrected chi connectivity index (χ4v) is 4.03. The first kappa shape index (κ1) is 22.8. The quantitative estimate of drug-likeness (QED) is 0.618. The number of hydrogen-bond donors (Lipinski definition) is 0. The molecule has 2 heterocycles. The predicted molar refractivity (Wildman–Crippen MR) is 104 cm³/mol. The predicted octanol–water partition coefficient (Wildman–Crippen LogP) is 4.49. The zero-order valence-electron chi connectivity index (χ0n) is 17.2. The molecule has 11 heteroatoms. The molecule has 0 radical (unpaired) electrons. The second-order valence-corrected chi connectivity index (χ2v) is 8.02. The second-order valence-electron chi connectivity index (χ2n) is 8.02. The van der Waals surface area contributed by atoms with Crippen molar-refractivity contribution in [3.8, 4) is 5.75 Å². The summed E-state index contributed by atoms with van der Waals surface area (Å²) in [5.41, 5.74) is -0.158. The summed E-state index contributed by atoms with van der Waals surface area (Å²) in [5.74, 6) is -2.75. The smallest absolute Gasteiger partial charge is 0.441 e. The molecule has 176 valence electrons. The maximum Gasteiger partial charge on any atom is 0.573 e. The summed E-state index contributed by atoms with van der Waals surface area (Å²) >= 11 is 0. The Morgan fingerprint density at radius 1 is 1.03 bits per heavy atom. The van der Waals surface area contributed by atoms with Crippen LogP contribution in [0.2, 0.25) is 0 Å². The summed E-state index contributed by atoms with van der Waals surface area (Å²) in [6, 6.07) is 8.07. The normalized spacial score (nSPS) is 17.9. The third-order valence-electron chi connectivity index (χ3n) is 5.70. The van der Waals surface area contributed by atoms with E-state index in [-0.39, 0.29) is 37.6 Å². The highest BCUT2D eigenvalue weighted by Gasteiger charge is 2.47. The van der Waals surface area contributed by atoms with Crippen LogP contribution in [0.1, 0.15) is 28.8 Å². The lowest BCUT2D eigenvalue weighted by molar-refractivity contribution is -0.274. The molecule has 0 saturated carbocycles. The third kappa shape index (κ3) is 5.18. The van der Waals surface area contributed by atoms with E-state index in [0.717, 1.165) is 24.3 Å². The summed E-state index contributed by atoms with van der Waals surface area (Å²) < 4.78 is 72.8. The standard InChI is InChI=1S/C22H19F5N2O4/c23-17-6-1-14(11-18(17)24)12-29-13-21(33-20(29)31)7-9-28(10-8-21)19(30)15-2-4-16(5-3-15)32-22(25,26)27/h1-6,11H,7-10,12-13H2. The molecule has 1 spiro atoms. The molecular formula is C22H19F5N2O4. The Kier molecular flexibility index (Phi) is 5.89. The largest absolute Gasteiger partial charge is 0.573 e. The molecule has 2 fully saturated rings. The van der Waals surface area contributed by atoms with Crippen molar-refractivity contribution in [2.24, 2.45) is 0 Å². The third-order valence-corrected chi connectivity index (χ3v) is 5.70. The Bertz CT molecular complexity index is 1050. The van der Waals surface area contributed by atoms with Gasteiger partial charge in [0.15, 0.2) is 11.6 Å². The van der Waals surface area contributed by atoms with Crippen molar-refractivity contribution in [2.75, 3.05) is 19.6 Å². The molecule has 0 atom stereocenters. The number of rotatable bonds is 4. The van der Waals surface area contributed by atoms with Gasteiger partial charge in [0.1, 0.15) is 11.4 Å². The lowest BCUT2D eigenvalue weighted by Gasteiger charge is -2.37. The summed E-state index contributed by atoms with van der Waals surface area (Å²) in [4.78, 5) is 28.0. The fourth-order valence-electron chi connectivity index (χ4n) is 4.03. The zero-order valence-corrected chi connectivity index (χ0v) is 17.2. The SMILES string of the molecule is O=C1OC2(CCN(C(=O)c3ccc(OC(F)(F)F)cc3)CC2)CN1Cc1ccc(F)c(F)c1. The highest BCUT2D eigenvalue weighted by atomic mass is 19.4. The van der Waals surface area contributed by atoms with Crippen LogP contribution >= 0.6 is 0 Å². The van der Waals surface area contributed by atoms with Crippen molar-refractivity contribution >= 4 is 12.0 Å². The van der Waals surface area contributed by atoms with Gasteiger partial charge in [0.05, 0.1) is 6.54 Å². The first-order chi connectivity index (χ1) is 15.5. The average Bonchev–Trinajstić information content (AvgIpc) is 3.04. The second kappa shape index (κ2) is 8.53. The van der Waals surface area contributed by atoms with Crippen molar-refractivity contribution in [1.29, 1.82) is 0 Å². The lowest BCUT2D eigenvalue weighted by atomic mass is 9.91. The number of ether oxygens (including phenoxy) is 2. The minimum absolute atomic E-state index is 0.0623. The fraction of sp³-hybridized carbons (Fsp3) is 0.364. The van der Waals surface area contributed by atoms with Gasteiger partial charge in [0, 0.05) is 38.0 Å². The van der Waals surface area contributed by atoms with Crippen molar-refractivity contribution in [3.63, 3.8) is 0 Å². The van der Waals surface area contributed by atoms with Gasteiger partial charge in [-0.2, -0.15) is 0 Å². The van der Waals surface area contributed by atoms with E-state index in [1.54, 1.807) is 0 Å². The molecule has 2 aliphatic heterocycles. The molecule has 2 aromatic rings. The Morgan fingerprint density at radius 2 is 1.70 bits per heavy atom. The summed E-state index contributed by atoms with van der Waals surface area (Å²) in [5, 5.41) is 0. The summed E-state index contributed by atoms with van der Waals surface area (Å²) in [7, 11) is 0. The van der Waals surface area contributed by atoms with Gasteiger partial charge in [0.25, 0.3) is 5.91 Å². The number of halogens is 5. The first-order valence-corrected chi connectivity index (χ1v) is 10.1. The molecule has 2 saturated heterocycles. The number of likely N-dealkylation sites (tertiary alicyclic amines) is 1. The van der Waals surface area contributed by atoms with Crippen LogP contribution in [0.4, 0.5) is 26.7 Å². The van der Waals surface area contributed by atoms with Gasteiger partial charge in [-0.3, -0.25) is 9.69 Å².